The lowest BCUT2D eigenvalue weighted by molar-refractivity contribution is -0.138. The molecule has 9 nitrogen and oxygen atoms in total. The number of benzene rings is 2. The normalized spacial score (nSPS) is 15.4. The summed E-state index contributed by atoms with van der Waals surface area (Å²) in [6.07, 6.45) is 1.72. The maximum atomic E-state index is 12.2. The van der Waals surface area contributed by atoms with Gasteiger partial charge in [-0.3, -0.25) is 0 Å². The molecule has 1 aliphatic rings. The Morgan fingerprint density at radius 1 is 0.903 bits per heavy atom. The number of aromatic nitrogens is 2. The van der Waals surface area contributed by atoms with Gasteiger partial charge in [0.25, 0.3) is 0 Å². The molecule has 0 bridgehead atoms. The molecular weight excluding hydrogens is 402 g/mol. The molecule has 0 saturated heterocycles. The van der Waals surface area contributed by atoms with Crippen LogP contribution in [-0.2, 0) is 17.8 Å². The molecule has 1 aromatic heterocycles. The molecule has 2 aromatic carbocycles. The molecule has 9 heteroatoms. The van der Waals surface area contributed by atoms with Crippen molar-refractivity contribution in [1.29, 1.82) is 0 Å². The summed E-state index contributed by atoms with van der Waals surface area (Å²) in [6, 6.07) is 6.43. The highest BCUT2D eigenvalue weighted by Crippen LogP contribution is 2.39. The first-order chi connectivity index (χ1) is 15.0. The molecule has 4 rings (SSSR count). The average Bonchev–Trinajstić information content (AvgIpc) is 2.80. The van der Waals surface area contributed by atoms with E-state index in [0.717, 1.165) is 11.1 Å². The van der Waals surface area contributed by atoms with Crippen molar-refractivity contribution in [1.82, 2.24) is 9.97 Å². The van der Waals surface area contributed by atoms with Gasteiger partial charge in [-0.05, 0) is 29.3 Å². The molecule has 1 aliphatic heterocycles. The molecular formula is C22H23N3O6. The maximum Gasteiger partial charge on any atom is 0.326 e. The second-order valence-electron chi connectivity index (χ2n) is 7.08. The lowest BCUT2D eigenvalue weighted by Crippen LogP contribution is -2.46. The van der Waals surface area contributed by atoms with Crippen LogP contribution in [0.1, 0.15) is 11.1 Å². The van der Waals surface area contributed by atoms with Crippen LogP contribution in [0.25, 0.3) is 10.9 Å². The minimum absolute atomic E-state index is 0.295. The van der Waals surface area contributed by atoms with Crippen molar-refractivity contribution in [2.75, 3.05) is 33.3 Å². The van der Waals surface area contributed by atoms with Crippen molar-refractivity contribution in [2.24, 2.45) is 0 Å². The van der Waals surface area contributed by atoms with Gasteiger partial charge in [-0.15, -0.1) is 0 Å². The van der Waals surface area contributed by atoms with Crippen LogP contribution in [0.2, 0.25) is 0 Å². The minimum atomic E-state index is -0.937. The standard InChI is InChI=1S/C22H23N3O6/c1-28-17-6-12-5-16(22(26)27)25(10-13(12)7-18(17)29-2)21-14-8-19(30-3)20(31-4)9-15(14)23-11-24-21/h6-9,11,16H,5,10H2,1-4H3,(H,26,27)/t16-/m0/s1. The van der Waals surface area contributed by atoms with E-state index in [4.69, 9.17) is 18.9 Å². The summed E-state index contributed by atoms with van der Waals surface area (Å²) >= 11 is 0. The summed E-state index contributed by atoms with van der Waals surface area (Å²) in [5, 5.41) is 10.7. The molecule has 0 radical (unpaired) electrons. The smallest absolute Gasteiger partial charge is 0.326 e. The molecule has 3 aromatic rings. The maximum absolute atomic E-state index is 12.2. The number of hydrogen-bond donors (Lipinski definition) is 1. The number of aliphatic carboxylic acids is 1. The molecule has 0 amide bonds. The summed E-state index contributed by atoms with van der Waals surface area (Å²) < 4.78 is 21.6. The van der Waals surface area contributed by atoms with Crippen molar-refractivity contribution in [3.63, 3.8) is 0 Å². The fraction of sp³-hybridized carbons (Fsp3) is 0.318. The predicted octanol–water partition coefficient (Wildman–Crippen LogP) is 2.68. The zero-order valence-corrected chi connectivity index (χ0v) is 17.7. The van der Waals surface area contributed by atoms with Gasteiger partial charge in [0.1, 0.15) is 18.2 Å². The second-order valence-corrected chi connectivity index (χ2v) is 7.08. The molecule has 0 spiro atoms. The van der Waals surface area contributed by atoms with Gasteiger partial charge in [-0.2, -0.15) is 0 Å². The third-order valence-corrected chi connectivity index (χ3v) is 5.51. The highest BCUT2D eigenvalue weighted by atomic mass is 16.5. The van der Waals surface area contributed by atoms with Crippen molar-refractivity contribution >= 4 is 22.7 Å². The van der Waals surface area contributed by atoms with Gasteiger partial charge in [0.15, 0.2) is 23.0 Å². The van der Waals surface area contributed by atoms with Crippen LogP contribution in [0.4, 0.5) is 5.82 Å². The molecule has 0 saturated carbocycles. The molecule has 1 N–H and O–H groups in total. The Labute approximate surface area is 179 Å². The van der Waals surface area contributed by atoms with E-state index in [0.29, 0.717) is 52.7 Å². The molecule has 162 valence electrons. The minimum Gasteiger partial charge on any atom is -0.493 e. The quantitative estimate of drug-likeness (QED) is 0.638. The van der Waals surface area contributed by atoms with Crippen LogP contribution < -0.4 is 23.8 Å². The van der Waals surface area contributed by atoms with Gasteiger partial charge < -0.3 is 29.0 Å². The number of carboxylic acids is 1. The zero-order valence-electron chi connectivity index (χ0n) is 17.7. The van der Waals surface area contributed by atoms with Gasteiger partial charge in [-0.1, -0.05) is 0 Å². The van der Waals surface area contributed by atoms with E-state index in [2.05, 4.69) is 9.97 Å². The topological polar surface area (TPSA) is 103 Å². The zero-order chi connectivity index (χ0) is 22.1. The van der Waals surface area contributed by atoms with E-state index in [1.807, 2.05) is 12.1 Å². The fourth-order valence-corrected chi connectivity index (χ4v) is 3.95. The lowest BCUT2D eigenvalue weighted by atomic mass is 9.93. The first kappa shape index (κ1) is 20.5. The Balaban J connectivity index is 1.87. The number of rotatable bonds is 6. The van der Waals surface area contributed by atoms with Crippen LogP contribution in [0.5, 0.6) is 23.0 Å². The summed E-state index contributed by atoms with van der Waals surface area (Å²) in [5.74, 6) is 1.79. The molecule has 1 atom stereocenters. The number of nitrogens with zero attached hydrogens (tertiary/aromatic N) is 3. The van der Waals surface area contributed by atoms with Crippen LogP contribution >= 0.6 is 0 Å². The van der Waals surface area contributed by atoms with Gasteiger partial charge in [0.2, 0.25) is 0 Å². The monoisotopic (exact) mass is 425 g/mol. The Morgan fingerprint density at radius 3 is 2.10 bits per heavy atom. The molecule has 0 aliphatic carbocycles. The van der Waals surface area contributed by atoms with Crippen LogP contribution in [-0.4, -0.2) is 55.5 Å². The number of methoxy groups -OCH3 is 4. The number of anilines is 1. The van der Waals surface area contributed by atoms with E-state index in [9.17, 15) is 9.90 Å². The first-order valence-corrected chi connectivity index (χ1v) is 9.60. The van der Waals surface area contributed by atoms with Crippen LogP contribution in [0.3, 0.4) is 0 Å². The van der Waals surface area contributed by atoms with E-state index < -0.39 is 12.0 Å². The molecule has 0 fully saturated rings. The van der Waals surface area contributed by atoms with Crippen LogP contribution in [0, 0.1) is 0 Å². The van der Waals surface area contributed by atoms with E-state index in [-0.39, 0.29) is 0 Å². The van der Waals surface area contributed by atoms with Crippen molar-refractivity contribution in [2.45, 2.75) is 19.0 Å². The molecule has 0 unspecified atom stereocenters. The van der Waals surface area contributed by atoms with Crippen molar-refractivity contribution < 1.29 is 28.8 Å². The second kappa shape index (κ2) is 8.17. The van der Waals surface area contributed by atoms with Gasteiger partial charge in [0.05, 0.1) is 34.0 Å². The van der Waals surface area contributed by atoms with E-state index >= 15 is 0 Å². The number of carboxylic acid groups (broad SMARTS) is 1. The summed E-state index contributed by atoms with van der Waals surface area (Å²) in [7, 11) is 6.23. The van der Waals surface area contributed by atoms with Gasteiger partial charge >= 0.3 is 5.97 Å². The molecule has 31 heavy (non-hydrogen) atoms. The van der Waals surface area contributed by atoms with Crippen LogP contribution in [0.15, 0.2) is 30.6 Å². The van der Waals surface area contributed by atoms with Gasteiger partial charge in [-0.25, -0.2) is 14.8 Å². The summed E-state index contributed by atoms with van der Waals surface area (Å²) in [4.78, 5) is 22.7. The number of carbonyl (C=O) groups is 1. The number of ether oxygens (including phenoxy) is 4. The lowest BCUT2D eigenvalue weighted by Gasteiger charge is -2.36. The third kappa shape index (κ3) is 3.52. The number of hydrogen-bond acceptors (Lipinski definition) is 8. The van der Waals surface area contributed by atoms with Crippen molar-refractivity contribution in [3.8, 4) is 23.0 Å². The highest BCUT2D eigenvalue weighted by molar-refractivity contribution is 5.94. The number of fused-ring (bicyclic) bond motifs is 2. The van der Waals surface area contributed by atoms with E-state index in [1.54, 1.807) is 45.5 Å². The van der Waals surface area contributed by atoms with E-state index in [1.165, 1.54) is 6.33 Å². The third-order valence-electron chi connectivity index (χ3n) is 5.51. The molecule has 2 heterocycles. The average molecular weight is 425 g/mol. The highest BCUT2D eigenvalue weighted by Gasteiger charge is 2.34. The first-order valence-electron chi connectivity index (χ1n) is 9.60. The predicted molar refractivity (Wildman–Crippen MR) is 113 cm³/mol. The fourth-order valence-electron chi connectivity index (χ4n) is 3.95. The Bertz CT molecular complexity index is 1150. The van der Waals surface area contributed by atoms with Gasteiger partial charge in [0, 0.05) is 24.4 Å². The largest absolute Gasteiger partial charge is 0.493 e. The summed E-state index contributed by atoms with van der Waals surface area (Å²) in [5.41, 5.74) is 2.48. The summed E-state index contributed by atoms with van der Waals surface area (Å²) in [6.45, 7) is 0.340. The Hall–Kier alpha value is -3.75. The van der Waals surface area contributed by atoms with Crippen molar-refractivity contribution in [3.05, 3.63) is 41.7 Å². The Morgan fingerprint density at radius 2 is 1.48 bits per heavy atom. The Kier molecular flexibility index (Phi) is 5.41. The SMILES string of the molecule is COc1cc2c(cc1OC)CN(c1ncnc3cc(OC)c(OC)cc13)[C@H](C(=O)O)C2.